The van der Waals surface area contributed by atoms with E-state index in [4.69, 9.17) is 4.98 Å². The second-order valence-electron chi connectivity index (χ2n) is 6.96. The fourth-order valence-corrected chi connectivity index (χ4v) is 3.80. The Morgan fingerprint density at radius 3 is 2.56 bits per heavy atom. The fraction of sp³-hybridized carbons (Fsp3) is 0.333. The van der Waals surface area contributed by atoms with Gasteiger partial charge in [0.15, 0.2) is 0 Å². The Kier molecular flexibility index (Phi) is 4.26. The molecule has 1 fully saturated rings. The van der Waals surface area contributed by atoms with E-state index in [0.717, 1.165) is 28.1 Å². The van der Waals surface area contributed by atoms with E-state index in [1.54, 1.807) is 0 Å². The van der Waals surface area contributed by atoms with Crippen molar-refractivity contribution in [2.75, 3.05) is 5.32 Å². The maximum Gasteiger partial charge on any atom is 0.224 e. The number of carbonyl (C=O) groups excluding carboxylic acids is 1. The van der Waals surface area contributed by atoms with Crippen molar-refractivity contribution in [3.8, 4) is 11.4 Å². The number of nitrogens with one attached hydrogen (secondary N) is 1. The first-order chi connectivity index (χ1) is 12.2. The maximum atomic E-state index is 12.2. The van der Waals surface area contributed by atoms with Crippen LogP contribution >= 0.6 is 0 Å². The molecular weight excluding hydrogens is 310 g/mol. The minimum absolute atomic E-state index is 0.127. The number of aromatic nitrogens is 2. The molecule has 1 heterocycles. The summed E-state index contributed by atoms with van der Waals surface area (Å²) in [5.74, 6) is 1.63. The van der Waals surface area contributed by atoms with Crippen molar-refractivity contribution in [1.82, 2.24) is 9.55 Å². The normalized spacial score (nSPS) is 14.9. The van der Waals surface area contributed by atoms with Gasteiger partial charge in [-0.3, -0.25) is 4.79 Å². The molecule has 1 aliphatic rings. The van der Waals surface area contributed by atoms with Crippen molar-refractivity contribution in [3.63, 3.8) is 0 Å². The molecule has 2 aromatic carbocycles. The SMILES string of the molecule is Cn1c(-c2ccc(NC(=O)CC3CCCC3)cc2)nc2ccccc21. The third-order valence-electron chi connectivity index (χ3n) is 5.16. The van der Waals surface area contributed by atoms with Crippen LogP contribution in [-0.4, -0.2) is 15.5 Å². The second-order valence-corrected chi connectivity index (χ2v) is 6.96. The van der Waals surface area contributed by atoms with E-state index in [1.807, 2.05) is 49.5 Å². The summed E-state index contributed by atoms with van der Waals surface area (Å²) in [6, 6.07) is 16.1. The predicted octanol–water partition coefficient (Wildman–Crippen LogP) is 4.76. The van der Waals surface area contributed by atoms with E-state index in [-0.39, 0.29) is 5.91 Å². The molecule has 0 radical (unpaired) electrons. The summed E-state index contributed by atoms with van der Waals surface area (Å²) in [5, 5.41) is 3.02. The average molecular weight is 333 g/mol. The van der Waals surface area contributed by atoms with Gasteiger partial charge in [-0.1, -0.05) is 25.0 Å². The first-order valence-electron chi connectivity index (χ1n) is 9.02. The third kappa shape index (κ3) is 3.29. The van der Waals surface area contributed by atoms with Crippen LogP contribution in [0.4, 0.5) is 5.69 Å². The molecule has 4 rings (SSSR count). The van der Waals surface area contributed by atoms with E-state index in [2.05, 4.69) is 16.0 Å². The van der Waals surface area contributed by atoms with Gasteiger partial charge >= 0.3 is 0 Å². The Balaban J connectivity index is 1.49. The van der Waals surface area contributed by atoms with Gasteiger partial charge in [0.05, 0.1) is 11.0 Å². The Bertz CT molecular complexity index is 889. The molecule has 25 heavy (non-hydrogen) atoms. The molecule has 0 unspecified atom stereocenters. The Labute approximate surface area is 147 Å². The van der Waals surface area contributed by atoms with Gasteiger partial charge < -0.3 is 9.88 Å². The van der Waals surface area contributed by atoms with Gasteiger partial charge in [-0.25, -0.2) is 4.98 Å². The molecule has 0 bridgehead atoms. The van der Waals surface area contributed by atoms with Crippen molar-refractivity contribution in [2.24, 2.45) is 13.0 Å². The molecule has 4 heteroatoms. The zero-order valence-electron chi connectivity index (χ0n) is 14.5. The number of amides is 1. The number of benzene rings is 2. The molecule has 0 saturated heterocycles. The number of imidazole rings is 1. The lowest BCUT2D eigenvalue weighted by molar-refractivity contribution is -0.117. The Morgan fingerprint density at radius 1 is 1.12 bits per heavy atom. The van der Waals surface area contributed by atoms with Crippen molar-refractivity contribution in [2.45, 2.75) is 32.1 Å². The van der Waals surface area contributed by atoms with Gasteiger partial charge in [0.25, 0.3) is 0 Å². The number of carbonyl (C=O) groups is 1. The molecule has 0 atom stereocenters. The zero-order valence-corrected chi connectivity index (χ0v) is 14.5. The molecule has 3 aromatic rings. The van der Waals surface area contributed by atoms with Crippen LogP contribution in [0.3, 0.4) is 0 Å². The lowest BCUT2D eigenvalue weighted by atomic mass is 10.0. The topological polar surface area (TPSA) is 46.9 Å². The molecule has 0 aliphatic heterocycles. The average Bonchev–Trinajstić information content (AvgIpc) is 3.24. The highest BCUT2D eigenvalue weighted by Crippen LogP contribution is 2.28. The molecule has 4 nitrogen and oxygen atoms in total. The minimum atomic E-state index is 0.127. The molecular formula is C21H23N3O. The number of aryl methyl sites for hydroxylation is 1. The number of fused-ring (bicyclic) bond motifs is 1. The van der Waals surface area contributed by atoms with Crippen LogP contribution in [0.25, 0.3) is 22.4 Å². The van der Waals surface area contributed by atoms with Crippen LogP contribution in [0.1, 0.15) is 32.1 Å². The highest BCUT2D eigenvalue weighted by molar-refractivity contribution is 5.91. The second kappa shape index (κ2) is 6.71. The lowest BCUT2D eigenvalue weighted by Gasteiger charge is -2.10. The van der Waals surface area contributed by atoms with E-state index in [9.17, 15) is 4.79 Å². The van der Waals surface area contributed by atoms with E-state index >= 15 is 0 Å². The van der Waals surface area contributed by atoms with Gasteiger partial charge in [0.1, 0.15) is 5.82 Å². The molecule has 1 saturated carbocycles. The Morgan fingerprint density at radius 2 is 1.84 bits per heavy atom. The number of para-hydroxylation sites is 2. The van der Waals surface area contributed by atoms with Crippen molar-refractivity contribution in [1.29, 1.82) is 0 Å². The number of anilines is 1. The van der Waals surface area contributed by atoms with Crippen LogP contribution < -0.4 is 5.32 Å². The first-order valence-corrected chi connectivity index (χ1v) is 9.02. The molecule has 1 amide bonds. The highest BCUT2D eigenvalue weighted by Gasteiger charge is 2.18. The smallest absolute Gasteiger partial charge is 0.224 e. The summed E-state index contributed by atoms with van der Waals surface area (Å²) in [7, 11) is 2.03. The number of nitrogens with zero attached hydrogens (tertiary/aromatic N) is 2. The van der Waals surface area contributed by atoms with Crippen molar-refractivity contribution >= 4 is 22.6 Å². The minimum Gasteiger partial charge on any atom is -0.327 e. The van der Waals surface area contributed by atoms with Gasteiger partial charge in [-0.2, -0.15) is 0 Å². The summed E-state index contributed by atoms with van der Waals surface area (Å²) in [5.41, 5.74) is 4.01. The third-order valence-corrected chi connectivity index (χ3v) is 5.16. The van der Waals surface area contributed by atoms with E-state index < -0.39 is 0 Å². The molecule has 1 N–H and O–H groups in total. The van der Waals surface area contributed by atoms with Crippen LogP contribution in [0.5, 0.6) is 0 Å². The van der Waals surface area contributed by atoms with Crippen LogP contribution in [0.2, 0.25) is 0 Å². The first kappa shape index (κ1) is 15.9. The van der Waals surface area contributed by atoms with Crippen molar-refractivity contribution in [3.05, 3.63) is 48.5 Å². The molecule has 0 spiro atoms. The van der Waals surface area contributed by atoms with E-state index in [0.29, 0.717) is 12.3 Å². The van der Waals surface area contributed by atoms with Gasteiger partial charge in [-0.05, 0) is 55.2 Å². The van der Waals surface area contributed by atoms with Gasteiger partial charge in [0.2, 0.25) is 5.91 Å². The quantitative estimate of drug-likeness (QED) is 0.748. The number of rotatable bonds is 4. The molecule has 1 aromatic heterocycles. The number of hydrogen-bond donors (Lipinski definition) is 1. The lowest BCUT2D eigenvalue weighted by Crippen LogP contribution is -2.15. The Hall–Kier alpha value is -2.62. The fourth-order valence-electron chi connectivity index (χ4n) is 3.80. The van der Waals surface area contributed by atoms with Crippen LogP contribution in [-0.2, 0) is 11.8 Å². The molecule has 1 aliphatic carbocycles. The van der Waals surface area contributed by atoms with Crippen LogP contribution in [0.15, 0.2) is 48.5 Å². The zero-order chi connectivity index (χ0) is 17.2. The summed E-state index contributed by atoms with van der Waals surface area (Å²) >= 11 is 0. The highest BCUT2D eigenvalue weighted by atomic mass is 16.1. The van der Waals surface area contributed by atoms with Gasteiger partial charge in [0, 0.05) is 24.7 Å². The van der Waals surface area contributed by atoms with Crippen LogP contribution in [0, 0.1) is 5.92 Å². The standard InChI is InChI=1S/C21H23N3O/c1-24-19-9-5-4-8-18(19)23-21(24)16-10-12-17(13-11-16)22-20(25)14-15-6-2-3-7-15/h4-5,8-13,15H,2-3,6-7,14H2,1H3,(H,22,25). The number of hydrogen-bond acceptors (Lipinski definition) is 2. The summed E-state index contributed by atoms with van der Waals surface area (Å²) in [6.45, 7) is 0. The monoisotopic (exact) mass is 333 g/mol. The largest absolute Gasteiger partial charge is 0.327 e. The summed E-state index contributed by atoms with van der Waals surface area (Å²) in [4.78, 5) is 16.9. The summed E-state index contributed by atoms with van der Waals surface area (Å²) < 4.78 is 2.10. The molecule has 128 valence electrons. The van der Waals surface area contributed by atoms with Gasteiger partial charge in [-0.15, -0.1) is 0 Å². The predicted molar refractivity (Wildman–Crippen MR) is 101 cm³/mol. The summed E-state index contributed by atoms with van der Waals surface area (Å²) in [6.07, 6.45) is 5.57. The maximum absolute atomic E-state index is 12.2. The van der Waals surface area contributed by atoms with Crippen molar-refractivity contribution < 1.29 is 4.79 Å². The van der Waals surface area contributed by atoms with E-state index in [1.165, 1.54) is 25.7 Å².